The summed E-state index contributed by atoms with van der Waals surface area (Å²) in [5.41, 5.74) is 3.38. The number of rotatable bonds is 5. The number of carbonyl (C=O) groups is 1. The second-order valence-electron chi connectivity index (χ2n) is 5.38. The molecule has 1 atom stereocenters. The van der Waals surface area contributed by atoms with E-state index in [1.54, 1.807) is 13.1 Å². The number of hydrogen-bond acceptors (Lipinski definition) is 4. The minimum atomic E-state index is -3.24. The van der Waals surface area contributed by atoms with Crippen LogP contribution in [0.1, 0.15) is 25.5 Å². The zero-order valence-corrected chi connectivity index (χ0v) is 13.7. The Bertz CT molecular complexity index is 651. The maximum absolute atomic E-state index is 12.1. The van der Waals surface area contributed by atoms with Gasteiger partial charge in [0.2, 0.25) is 15.9 Å². The highest BCUT2D eigenvalue weighted by molar-refractivity contribution is 7.89. The van der Waals surface area contributed by atoms with Crippen LogP contribution >= 0.6 is 0 Å². The lowest BCUT2D eigenvalue weighted by atomic mass is 9.99. The summed E-state index contributed by atoms with van der Waals surface area (Å²) < 4.78 is 27.1. The lowest BCUT2D eigenvalue weighted by Gasteiger charge is -2.30. The molecule has 2 heterocycles. The molecule has 1 aliphatic heterocycles. The number of piperidine rings is 1. The molecule has 1 saturated heterocycles. The van der Waals surface area contributed by atoms with Crippen molar-refractivity contribution in [3.8, 4) is 0 Å². The molecule has 0 radical (unpaired) electrons. The second-order valence-corrected chi connectivity index (χ2v) is 7.63. The van der Waals surface area contributed by atoms with E-state index in [-0.39, 0.29) is 24.1 Å². The molecule has 1 unspecified atom stereocenters. The van der Waals surface area contributed by atoms with Gasteiger partial charge < -0.3 is 4.57 Å². The average Bonchev–Trinajstić information content (AvgIpc) is 2.92. The molecule has 8 heteroatoms. The van der Waals surface area contributed by atoms with Crippen LogP contribution in [-0.4, -0.2) is 48.3 Å². The molecule has 122 valence electrons. The Morgan fingerprint density at radius 2 is 2.32 bits per heavy atom. The number of amides is 1. The lowest BCUT2D eigenvalue weighted by molar-refractivity contribution is -0.126. The Kier molecular flexibility index (Phi) is 5.36. The lowest BCUT2D eigenvalue weighted by Crippen LogP contribution is -2.45. The molecule has 7 nitrogen and oxygen atoms in total. The number of carbonyl (C=O) groups excluding carboxylic acids is 1. The fraction of sp³-hybridized carbons (Fsp3) is 0.571. The van der Waals surface area contributed by atoms with Crippen LogP contribution in [0.15, 0.2) is 23.4 Å². The van der Waals surface area contributed by atoms with Crippen molar-refractivity contribution in [1.82, 2.24) is 14.3 Å². The van der Waals surface area contributed by atoms with Gasteiger partial charge in [0.05, 0.1) is 23.6 Å². The van der Waals surface area contributed by atoms with Crippen LogP contribution in [0.25, 0.3) is 0 Å². The van der Waals surface area contributed by atoms with Crippen molar-refractivity contribution < 1.29 is 13.2 Å². The summed E-state index contributed by atoms with van der Waals surface area (Å²) in [6.07, 6.45) is 4.83. The van der Waals surface area contributed by atoms with Crippen LogP contribution in [0.3, 0.4) is 0 Å². The number of nitrogens with one attached hydrogen (secondary N) is 1. The molecule has 1 fully saturated rings. The summed E-state index contributed by atoms with van der Waals surface area (Å²) in [7, 11) is -1.35. The Labute approximate surface area is 131 Å². The Balaban J connectivity index is 1.92. The minimum absolute atomic E-state index is 0.0625. The summed E-state index contributed by atoms with van der Waals surface area (Å²) >= 11 is 0. The van der Waals surface area contributed by atoms with Crippen molar-refractivity contribution in [2.45, 2.75) is 19.8 Å². The maximum Gasteiger partial charge on any atom is 0.244 e. The van der Waals surface area contributed by atoms with E-state index < -0.39 is 10.0 Å². The first-order valence-corrected chi connectivity index (χ1v) is 8.97. The summed E-state index contributed by atoms with van der Waals surface area (Å²) in [5.74, 6) is -0.519. The summed E-state index contributed by atoms with van der Waals surface area (Å²) in [5, 5.41) is 3.94. The Morgan fingerprint density at radius 3 is 2.95 bits per heavy atom. The van der Waals surface area contributed by atoms with Crippen molar-refractivity contribution in [3.63, 3.8) is 0 Å². The highest BCUT2D eigenvalue weighted by Gasteiger charge is 2.31. The molecule has 0 saturated carbocycles. The van der Waals surface area contributed by atoms with Crippen LogP contribution in [0.4, 0.5) is 0 Å². The van der Waals surface area contributed by atoms with Gasteiger partial charge in [-0.05, 0) is 31.9 Å². The van der Waals surface area contributed by atoms with Gasteiger partial charge in [-0.25, -0.2) is 18.1 Å². The van der Waals surface area contributed by atoms with Gasteiger partial charge >= 0.3 is 0 Å². The third-order valence-electron chi connectivity index (χ3n) is 3.87. The smallest absolute Gasteiger partial charge is 0.244 e. The molecular formula is C14H22N4O3S. The number of aryl methyl sites for hydroxylation is 1. The van der Waals surface area contributed by atoms with E-state index in [0.717, 1.165) is 5.69 Å². The third kappa shape index (κ3) is 3.95. The number of hydrazone groups is 1. The minimum Gasteiger partial charge on any atom is -0.350 e. The summed E-state index contributed by atoms with van der Waals surface area (Å²) in [4.78, 5) is 12.1. The topological polar surface area (TPSA) is 83.8 Å². The standard InChI is InChI=1S/C14H22N4O3S/c1-3-22(20,21)18-9-4-6-12(11-18)14(19)16-15-10-13-7-5-8-17(13)2/h5,7-8,10,12H,3-4,6,9,11H2,1-2H3,(H,16,19)/b15-10+. The monoisotopic (exact) mass is 326 g/mol. The van der Waals surface area contributed by atoms with Gasteiger partial charge in [-0.2, -0.15) is 5.10 Å². The average molecular weight is 326 g/mol. The van der Waals surface area contributed by atoms with Gasteiger partial charge in [0.15, 0.2) is 0 Å². The highest BCUT2D eigenvalue weighted by Crippen LogP contribution is 2.19. The van der Waals surface area contributed by atoms with E-state index in [2.05, 4.69) is 10.5 Å². The van der Waals surface area contributed by atoms with Gasteiger partial charge in [-0.1, -0.05) is 0 Å². The van der Waals surface area contributed by atoms with Gasteiger partial charge in [0, 0.05) is 26.3 Å². The van der Waals surface area contributed by atoms with Gasteiger partial charge in [-0.15, -0.1) is 0 Å². The van der Waals surface area contributed by atoms with Crippen LogP contribution in [0, 0.1) is 5.92 Å². The molecule has 1 aliphatic rings. The molecule has 0 aromatic carbocycles. The number of aromatic nitrogens is 1. The van der Waals surface area contributed by atoms with Crippen LogP contribution in [0.2, 0.25) is 0 Å². The SMILES string of the molecule is CCS(=O)(=O)N1CCCC(C(=O)N/N=C/c2cccn2C)C1. The fourth-order valence-corrected chi connectivity index (χ4v) is 3.63. The van der Waals surface area contributed by atoms with E-state index in [9.17, 15) is 13.2 Å². The van der Waals surface area contributed by atoms with Crippen LogP contribution in [-0.2, 0) is 21.9 Å². The molecule has 22 heavy (non-hydrogen) atoms. The van der Waals surface area contributed by atoms with Gasteiger partial charge in [0.1, 0.15) is 0 Å². The van der Waals surface area contributed by atoms with Gasteiger partial charge in [-0.3, -0.25) is 4.79 Å². The normalized spacial score (nSPS) is 20.4. The molecule has 1 amide bonds. The van der Waals surface area contributed by atoms with Crippen molar-refractivity contribution in [3.05, 3.63) is 24.0 Å². The first-order chi connectivity index (χ1) is 10.4. The summed E-state index contributed by atoms with van der Waals surface area (Å²) in [6.45, 7) is 2.34. The molecule has 1 N–H and O–H groups in total. The molecule has 0 bridgehead atoms. The Morgan fingerprint density at radius 1 is 1.55 bits per heavy atom. The predicted octanol–water partition coefficient (Wildman–Crippen LogP) is 0.537. The predicted molar refractivity (Wildman–Crippen MR) is 84.9 cm³/mol. The van der Waals surface area contributed by atoms with Crippen LogP contribution in [0.5, 0.6) is 0 Å². The number of sulfonamides is 1. The van der Waals surface area contributed by atoms with Crippen molar-refractivity contribution in [2.75, 3.05) is 18.8 Å². The van der Waals surface area contributed by atoms with Crippen molar-refractivity contribution in [1.29, 1.82) is 0 Å². The zero-order valence-electron chi connectivity index (χ0n) is 12.9. The molecular weight excluding hydrogens is 304 g/mol. The highest BCUT2D eigenvalue weighted by atomic mass is 32.2. The van der Waals surface area contributed by atoms with E-state index in [4.69, 9.17) is 0 Å². The number of nitrogens with zero attached hydrogens (tertiary/aromatic N) is 3. The van der Waals surface area contributed by atoms with E-state index in [1.165, 1.54) is 4.31 Å². The molecule has 0 aliphatic carbocycles. The third-order valence-corrected chi connectivity index (χ3v) is 5.72. The zero-order chi connectivity index (χ0) is 16.2. The molecule has 2 rings (SSSR count). The van der Waals surface area contributed by atoms with Gasteiger partial charge in [0.25, 0.3) is 0 Å². The quantitative estimate of drug-likeness (QED) is 0.633. The first kappa shape index (κ1) is 16.7. The van der Waals surface area contributed by atoms with E-state index in [1.807, 2.05) is 29.9 Å². The first-order valence-electron chi connectivity index (χ1n) is 7.36. The number of hydrogen-bond donors (Lipinski definition) is 1. The van der Waals surface area contributed by atoms with Crippen molar-refractivity contribution in [2.24, 2.45) is 18.1 Å². The largest absolute Gasteiger partial charge is 0.350 e. The van der Waals surface area contributed by atoms with Crippen LogP contribution < -0.4 is 5.43 Å². The second kappa shape index (κ2) is 7.06. The Hall–Kier alpha value is -1.67. The van der Waals surface area contributed by atoms with E-state index in [0.29, 0.717) is 19.4 Å². The van der Waals surface area contributed by atoms with Crippen molar-refractivity contribution >= 4 is 22.1 Å². The molecule has 0 spiro atoms. The molecule has 1 aromatic heterocycles. The maximum atomic E-state index is 12.1. The van der Waals surface area contributed by atoms with E-state index >= 15 is 0 Å². The fourth-order valence-electron chi connectivity index (χ4n) is 2.45. The summed E-state index contributed by atoms with van der Waals surface area (Å²) in [6, 6.07) is 3.77. The molecule has 1 aromatic rings.